The van der Waals surface area contributed by atoms with Crippen molar-refractivity contribution in [3.8, 4) is 0 Å². The second-order valence-corrected chi connectivity index (χ2v) is 5.99. The second kappa shape index (κ2) is 9.87. The molecule has 0 unspecified atom stereocenters. The molecule has 0 amide bonds. The highest BCUT2D eigenvalue weighted by molar-refractivity contribution is 5.80. The molecule has 132 valence electrons. The Labute approximate surface area is 142 Å². The van der Waals surface area contributed by atoms with Crippen molar-refractivity contribution < 1.29 is 9.66 Å². The van der Waals surface area contributed by atoms with E-state index in [0.717, 1.165) is 11.5 Å². The lowest BCUT2D eigenvalue weighted by Gasteiger charge is -2.25. The van der Waals surface area contributed by atoms with E-state index in [9.17, 15) is 10.1 Å². The third kappa shape index (κ3) is 6.16. The summed E-state index contributed by atoms with van der Waals surface area (Å²) in [6, 6.07) is 6.98. The summed E-state index contributed by atoms with van der Waals surface area (Å²) in [5.74, 6) is 0.775. The molecule has 7 heteroatoms. The van der Waals surface area contributed by atoms with E-state index >= 15 is 0 Å². The van der Waals surface area contributed by atoms with Crippen LogP contribution in [0.5, 0.6) is 0 Å². The van der Waals surface area contributed by atoms with Crippen LogP contribution in [0.25, 0.3) is 0 Å². The normalized spacial score (nSPS) is 16.0. The average Bonchev–Trinajstić information content (AvgIpc) is 2.61. The minimum atomic E-state index is -0.393. The van der Waals surface area contributed by atoms with Crippen LogP contribution in [0.4, 0.5) is 5.69 Å². The maximum absolute atomic E-state index is 10.7. The van der Waals surface area contributed by atoms with Crippen LogP contribution in [0.3, 0.4) is 0 Å². The Balaban J connectivity index is 1.95. The first-order chi connectivity index (χ1) is 11.7. The van der Waals surface area contributed by atoms with Gasteiger partial charge in [0.25, 0.3) is 5.69 Å². The summed E-state index contributed by atoms with van der Waals surface area (Å²) in [5, 5.41) is 17.5. The third-order valence-electron chi connectivity index (χ3n) is 4.11. The van der Waals surface area contributed by atoms with Crippen LogP contribution in [-0.2, 0) is 11.3 Å². The van der Waals surface area contributed by atoms with Crippen molar-refractivity contribution in [1.29, 1.82) is 0 Å². The van der Waals surface area contributed by atoms with E-state index < -0.39 is 4.92 Å². The van der Waals surface area contributed by atoms with Gasteiger partial charge in [-0.25, -0.2) is 4.99 Å². The van der Waals surface area contributed by atoms with Gasteiger partial charge < -0.3 is 15.4 Å². The number of nitrogens with zero attached hydrogens (tertiary/aromatic N) is 2. The van der Waals surface area contributed by atoms with E-state index in [4.69, 9.17) is 4.74 Å². The van der Waals surface area contributed by atoms with Gasteiger partial charge >= 0.3 is 0 Å². The predicted molar refractivity (Wildman–Crippen MR) is 94.1 cm³/mol. The molecule has 1 aromatic carbocycles. The number of non-ortho nitro benzene ring substituents is 1. The van der Waals surface area contributed by atoms with Gasteiger partial charge in [-0.3, -0.25) is 10.1 Å². The summed E-state index contributed by atoms with van der Waals surface area (Å²) < 4.78 is 5.07. The number of nitro benzene ring substituents is 1. The van der Waals surface area contributed by atoms with Crippen LogP contribution >= 0.6 is 0 Å². The number of guanidine groups is 1. The molecular weight excluding hydrogens is 308 g/mol. The average molecular weight is 334 g/mol. The zero-order valence-electron chi connectivity index (χ0n) is 14.2. The lowest BCUT2D eigenvalue weighted by atomic mass is 9.96. The number of methoxy groups -OCH3 is 1. The topological polar surface area (TPSA) is 88.8 Å². The van der Waals surface area contributed by atoms with Crippen LogP contribution in [0, 0.1) is 10.1 Å². The lowest BCUT2D eigenvalue weighted by Crippen LogP contribution is -2.45. The quantitative estimate of drug-likeness (QED) is 0.263. The first-order valence-corrected chi connectivity index (χ1v) is 8.46. The summed E-state index contributed by atoms with van der Waals surface area (Å²) >= 11 is 0. The Hall–Kier alpha value is -2.15. The van der Waals surface area contributed by atoms with Crippen LogP contribution in [0.15, 0.2) is 29.3 Å². The van der Waals surface area contributed by atoms with Gasteiger partial charge in [0.1, 0.15) is 0 Å². The highest BCUT2D eigenvalue weighted by Crippen LogP contribution is 2.17. The zero-order chi connectivity index (χ0) is 17.2. The lowest BCUT2D eigenvalue weighted by molar-refractivity contribution is -0.384. The smallest absolute Gasteiger partial charge is 0.269 e. The number of rotatable bonds is 7. The second-order valence-electron chi connectivity index (χ2n) is 5.99. The first-order valence-electron chi connectivity index (χ1n) is 8.46. The van der Waals surface area contributed by atoms with Gasteiger partial charge in [-0.05, 0) is 18.4 Å². The summed E-state index contributed by atoms with van der Waals surface area (Å²) in [6.07, 6.45) is 6.16. The largest absolute Gasteiger partial charge is 0.383 e. The van der Waals surface area contributed by atoms with Gasteiger partial charge in [-0.2, -0.15) is 0 Å². The molecule has 0 spiro atoms. The van der Waals surface area contributed by atoms with Crippen LogP contribution in [0.2, 0.25) is 0 Å². The van der Waals surface area contributed by atoms with Gasteiger partial charge in [0.05, 0.1) is 18.1 Å². The van der Waals surface area contributed by atoms with E-state index in [-0.39, 0.29) is 5.69 Å². The van der Waals surface area contributed by atoms with E-state index in [1.165, 1.54) is 44.2 Å². The van der Waals surface area contributed by atoms with E-state index in [1.54, 1.807) is 19.2 Å². The molecule has 7 nitrogen and oxygen atoms in total. The Morgan fingerprint density at radius 2 is 2.00 bits per heavy atom. The van der Waals surface area contributed by atoms with Gasteiger partial charge in [0.15, 0.2) is 5.96 Å². The Bertz CT molecular complexity index is 539. The van der Waals surface area contributed by atoms with Crippen molar-refractivity contribution in [2.24, 2.45) is 4.99 Å². The molecule has 0 aromatic heterocycles. The minimum absolute atomic E-state index is 0.0986. The number of benzene rings is 1. The van der Waals surface area contributed by atoms with Gasteiger partial charge in [0.2, 0.25) is 0 Å². The minimum Gasteiger partial charge on any atom is -0.383 e. The van der Waals surface area contributed by atoms with Crippen molar-refractivity contribution in [1.82, 2.24) is 10.6 Å². The number of hydrogen-bond donors (Lipinski definition) is 2. The molecule has 24 heavy (non-hydrogen) atoms. The molecule has 1 saturated carbocycles. The van der Waals surface area contributed by atoms with E-state index in [2.05, 4.69) is 15.6 Å². The standard InChI is InChI=1S/C17H26N4O3/c1-24-12-11-18-17(20-15-5-3-2-4-6-15)19-13-14-7-9-16(10-8-14)21(22)23/h7-10,15H,2-6,11-13H2,1H3,(H2,18,19,20). The van der Waals surface area contributed by atoms with Crippen molar-refractivity contribution in [2.75, 3.05) is 20.3 Å². The maximum atomic E-state index is 10.7. The molecule has 1 aliphatic rings. The molecule has 0 aliphatic heterocycles. The maximum Gasteiger partial charge on any atom is 0.269 e. The summed E-state index contributed by atoms with van der Waals surface area (Å²) in [5.41, 5.74) is 1.04. The van der Waals surface area contributed by atoms with Gasteiger partial charge in [-0.1, -0.05) is 31.4 Å². The van der Waals surface area contributed by atoms with Crippen molar-refractivity contribution in [3.63, 3.8) is 0 Å². The number of hydrogen-bond acceptors (Lipinski definition) is 4. The highest BCUT2D eigenvalue weighted by atomic mass is 16.6. The molecule has 0 bridgehead atoms. The highest BCUT2D eigenvalue weighted by Gasteiger charge is 2.14. The van der Waals surface area contributed by atoms with Gasteiger partial charge in [0, 0.05) is 31.8 Å². The van der Waals surface area contributed by atoms with Crippen LogP contribution < -0.4 is 10.6 Å². The fourth-order valence-corrected chi connectivity index (χ4v) is 2.76. The Morgan fingerprint density at radius 1 is 1.29 bits per heavy atom. The van der Waals surface area contributed by atoms with Crippen molar-refractivity contribution >= 4 is 11.6 Å². The third-order valence-corrected chi connectivity index (χ3v) is 4.11. The van der Waals surface area contributed by atoms with Crippen molar-refractivity contribution in [2.45, 2.75) is 44.7 Å². The number of nitro groups is 1. The number of aliphatic imine (C=N–C) groups is 1. The summed E-state index contributed by atoms with van der Waals surface area (Å²) in [4.78, 5) is 14.9. The first kappa shape index (κ1) is 18.2. The molecule has 0 saturated heterocycles. The molecule has 2 N–H and O–H groups in total. The number of nitrogens with one attached hydrogen (secondary N) is 2. The van der Waals surface area contributed by atoms with E-state index in [0.29, 0.717) is 25.7 Å². The van der Waals surface area contributed by atoms with Gasteiger partial charge in [-0.15, -0.1) is 0 Å². The SMILES string of the molecule is COCCNC(=NCc1ccc([N+](=O)[O-])cc1)NC1CCCCC1. The van der Waals surface area contributed by atoms with Crippen LogP contribution in [-0.4, -0.2) is 37.2 Å². The molecule has 1 fully saturated rings. The summed E-state index contributed by atoms with van der Waals surface area (Å²) in [6.45, 7) is 1.78. The fraction of sp³-hybridized carbons (Fsp3) is 0.588. The Kier molecular flexibility index (Phi) is 7.48. The predicted octanol–water partition coefficient (Wildman–Crippen LogP) is 2.61. The fourth-order valence-electron chi connectivity index (χ4n) is 2.76. The molecule has 0 heterocycles. The molecule has 1 aliphatic carbocycles. The van der Waals surface area contributed by atoms with E-state index in [1.807, 2.05) is 0 Å². The Morgan fingerprint density at radius 3 is 2.62 bits per heavy atom. The number of ether oxygens (including phenoxy) is 1. The molecule has 2 rings (SSSR count). The summed E-state index contributed by atoms with van der Waals surface area (Å²) in [7, 11) is 1.67. The molecule has 0 radical (unpaired) electrons. The molecule has 0 atom stereocenters. The molecular formula is C17H26N4O3. The monoisotopic (exact) mass is 334 g/mol. The van der Waals surface area contributed by atoms with Crippen molar-refractivity contribution in [3.05, 3.63) is 39.9 Å². The molecule has 1 aromatic rings. The van der Waals surface area contributed by atoms with Crippen LogP contribution in [0.1, 0.15) is 37.7 Å². The zero-order valence-corrected chi connectivity index (χ0v) is 14.2.